The number of carbonyl (C=O) groups excluding carboxylic acids is 3. The summed E-state index contributed by atoms with van der Waals surface area (Å²) in [5.41, 5.74) is 3.56. The summed E-state index contributed by atoms with van der Waals surface area (Å²) in [5.74, 6) is -2.84. The number of thiophene rings is 1. The van der Waals surface area contributed by atoms with Gasteiger partial charge >= 0.3 is 5.97 Å². The van der Waals surface area contributed by atoms with Crippen LogP contribution in [0.4, 0.5) is 5.69 Å². The van der Waals surface area contributed by atoms with E-state index in [2.05, 4.69) is 21.3 Å². The molecule has 2 aromatic carbocycles. The van der Waals surface area contributed by atoms with Crippen LogP contribution >= 0.6 is 22.9 Å². The van der Waals surface area contributed by atoms with Crippen molar-refractivity contribution in [3.63, 3.8) is 0 Å². The molecule has 0 bridgehead atoms. The van der Waals surface area contributed by atoms with E-state index in [9.17, 15) is 24.3 Å². The minimum atomic E-state index is -1.37. The summed E-state index contributed by atoms with van der Waals surface area (Å²) in [6, 6.07) is 12.0. The Labute approximate surface area is 215 Å². The van der Waals surface area contributed by atoms with Crippen LogP contribution in [0.25, 0.3) is 0 Å². The molecule has 5 N–H and O–H groups in total. The van der Waals surface area contributed by atoms with E-state index < -0.39 is 23.8 Å². The summed E-state index contributed by atoms with van der Waals surface area (Å²) in [7, 11) is 0. The molecule has 4 rings (SSSR count). The van der Waals surface area contributed by atoms with Gasteiger partial charge in [0.05, 0.1) is 15.5 Å². The molecule has 0 radical (unpaired) electrons. The standard InChI is InChI=1S/C25H23ClN4O5S/c26-18-11-14(22(31)28-12-15-3-1-4-19-16(15)8-9-27-19)6-7-17(18)23(32)30-20(25(34)35)13-29-24(33)21-5-2-10-36-21/h1-7,10-11,20,27H,8-9,12-13H2,(H,28,31)(H,29,33)(H,30,32)(H,34,35). The van der Waals surface area contributed by atoms with Crippen molar-refractivity contribution in [1.29, 1.82) is 0 Å². The van der Waals surface area contributed by atoms with E-state index in [-0.39, 0.29) is 28.6 Å². The monoisotopic (exact) mass is 526 g/mol. The number of hydrogen-bond donors (Lipinski definition) is 5. The molecule has 1 atom stereocenters. The molecule has 1 aliphatic heterocycles. The van der Waals surface area contributed by atoms with E-state index in [0.29, 0.717) is 11.4 Å². The SMILES string of the molecule is O=C(NCc1cccc2c1CCN2)c1ccc(C(=O)NC(CNC(=O)c2cccs2)C(=O)O)c(Cl)c1. The van der Waals surface area contributed by atoms with Gasteiger partial charge in [-0.2, -0.15) is 0 Å². The number of benzene rings is 2. The lowest BCUT2D eigenvalue weighted by atomic mass is 10.0. The van der Waals surface area contributed by atoms with Crippen LogP contribution < -0.4 is 21.3 Å². The lowest BCUT2D eigenvalue weighted by Gasteiger charge is -2.16. The van der Waals surface area contributed by atoms with Gasteiger partial charge in [-0.05, 0) is 53.3 Å². The fourth-order valence-corrected chi connectivity index (χ4v) is 4.73. The molecule has 0 spiro atoms. The third-order valence-corrected chi connectivity index (χ3v) is 6.88. The Bertz CT molecular complexity index is 1310. The van der Waals surface area contributed by atoms with Gasteiger partial charge in [-0.1, -0.05) is 29.8 Å². The molecule has 11 heteroatoms. The second kappa shape index (κ2) is 11.2. The van der Waals surface area contributed by atoms with Gasteiger partial charge in [0, 0.05) is 30.9 Å². The van der Waals surface area contributed by atoms with Gasteiger partial charge in [0.1, 0.15) is 6.04 Å². The quantitative estimate of drug-likeness (QED) is 0.291. The van der Waals surface area contributed by atoms with Crippen LogP contribution in [-0.2, 0) is 17.8 Å². The lowest BCUT2D eigenvalue weighted by Crippen LogP contribution is -2.48. The summed E-state index contributed by atoms with van der Waals surface area (Å²) in [6.45, 7) is 0.902. The van der Waals surface area contributed by atoms with Crippen molar-refractivity contribution in [3.8, 4) is 0 Å². The number of fused-ring (bicyclic) bond motifs is 1. The van der Waals surface area contributed by atoms with Crippen LogP contribution in [0, 0.1) is 0 Å². The highest BCUT2D eigenvalue weighted by molar-refractivity contribution is 7.12. The molecule has 3 aromatic rings. The number of carbonyl (C=O) groups is 4. The van der Waals surface area contributed by atoms with Crippen LogP contribution in [0.5, 0.6) is 0 Å². The molecule has 2 heterocycles. The molecule has 0 aliphatic carbocycles. The molecule has 1 unspecified atom stereocenters. The largest absolute Gasteiger partial charge is 0.480 e. The first-order valence-corrected chi connectivity index (χ1v) is 12.4. The van der Waals surface area contributed by atoms with Crippen LogP contribution in [0.15, 0.2) is 53.9 Å². The van der Waals surface area contributed by atoms with Crippen molar-refractivity contribution in [3.05, 3.63) is 86.1 Å². The van der Waals surface area contributed by atoms with Crippen molar-refractivity contribution in [2.24, 2.45) is 0 Å². The number of carboxylic acids is 1. The molecule has 3 amide bonds. The van der Waals surface area contributed by atoms with Crippen molar-refractivity contribution < 1.29 is 24.3 Å². The number of halogens is 1. The molecular weight excluding hydrogens is 504 g/mol. The zero-order valence-corrected chi connectivity index (χ0v) is 20.5. The molecule has 1 aromatic heterocycles. The number of aliphatic carboxylic acids is 1. The Hall–Kier alpha value is -3.89. The Morgan fingerprint density at radius 2 is 1.86 bits per heavy atom. The molecular formula is C25H23ClN4O5S. The maximum atomic E-state index is 12.7. The molecule has 1 aliphatic rings. The zero-order valence-electron chi connectivity index (χ0n) is 19.0. The molecule has 0 saturated heterocycles. The zero-order chi connectivity index (χ0) is 25.7. The van der Waals surface area contributed by atoms with Gasteiger partial charge in [-0.15, -0.1) is 11.3 Å². The van der Waals surface area contributed by atoms with Gasteiger partial charge in [0.15, 0.2) is 0 Å². The van der Waals surface area contributed by atoms with Crippen LogP contribution in [0.3, 0.4) is 0 Å². The summed E-state index contributed by atoms with van der Waals surface area (Å²) in [4.78, 5) is 49.4. The minimum absolute atomic E-state index is 0.00304. The van der Waals surface area contributed by atoms with Crippen LogP contribution in [-0.4, -0.2) is 47.9 Å². The van der Waals surface area contributed by atoms with E-state index in [1.807, 2.05) is 18.2 Å². The van der Waals surface area contributed by atoms with Crippen molar-refractivity contribution in [2.45, 2.75) is 19.0 Å². The number of amides is 3. The Kier molecular flexibility index (Phi) is 7.87. The Balaban J connectivity index is 1.36. The lowest BCUT2D eigenvalue weighted by molar-refractivity contribution is -0.139. The van der Waals surface area contributed by atoms with E-state index in [0.717, 1.165) is 24.2 Å². The molecule has 9 nitrogen and oxygen atoms in total. The van der Waals surface area contributed by atoms with E-state index in [4.69, 9.17) is 11.6 Å². The summed E-state index contributed by atoms with van der Waals surface area (Å²) in [5, 5.41) is 22.2. The van der Waals surface area contributed by atoms with E-state index in [1.165, 1.54) is 35.1 Å². The maximum Gasteiger partial charge on any atom is 0.328 e. The number of hydrogen-bond acceptors (Lipinski definition) is 6. The maximum absolute atomic E-state index is 12.7. The second-order valence-electron chi connectivity index (χ2n) is 8.05. The Morgan fingerprint density at radius 3 is 2.58 bits per heavy atom. The van der Waals surface area contributed by atoms with E-state index in [1.54, 1.807) is 17.5 Å². The van der Waals surface area contributed by atoms with Gasteiger partial charge in [-0.25, -0.2) is 4.79 Å². The predicted molar refractivity (Wildman–Crippen MR) is 137 cm³/mol. The first kappa shape index (κ1) is 25.2. The number of nitrogens with one attached hydrogen (secondary N) is 4. The highest BCUT2D eigenvalue weighted by Crippen LogP contribution is 2.25. The normalized spacial score (nSPS) is 12.7. The molecule has 36 heavy (non-hydrogen) atoms. The van der Waals surface area contributed by atoms with E-state index >= 15 is 0 Å². The van der Waals surface area contributed by atoms with Crippen LogP contribution in [0.2, 0.25) is 5.02 Å². The first-order valence-electron chi connectivity index (χ1n) is 11.1. The highest BCUT2D eigenvalue weighted by atomic mass is 35.5. The second-order valence-corrected chi connectivity index (χ2v) is 9.40. The molecule has 0 saturated carbocycles. The first-order chi connectivity index (χ1) is 17.3. The smallest absolute Gasteiger partial charge is 0.328 e. The van der Waals surface area contributed by atoms with Gasteiger partial charge in [-0.3, -0.25) is 14.4 Å². The van der Waals surface area contributed by atoms with Gasteiger partial charge < -0.3 is 26.4 Å². The third kappa shape index (κ3) is 5.84. The average molecular weight is 527 g/mol. The third-order valence-electron chi connectivity index (χ3n) is 5.69. The summed E-state index contributed by atoms with van der Waals surface area (Å²) in [6.07, 6.45) is 0.895. The average Bonchev–Trinajstić information content (AvgIpc) is 3.57. The van der Waals surface area contributed by atoms with Crippen molar-refractivity contribution in [2.75, 3.05) is 18.4 Å². The fraction of sp³-hybridized carbons (Fsp3) is 0.200. The number of carboxylic acid groups (broad SMARTS) is 1. The van der Waals surface area contributed by atoms with Crippen LogP contribution in [0.1, 0.15) is 41.5 Å². The van der Waals surface area contributed by atoms with Gasteiger partial charge in [0.2, 0.25) is 0 Å². The predicted octanol–water partition coefficient (Wildman–Crippen LogP) is 2.91. The van der Waals surface area contributed by atoms with Gasteiger partial charge in [0.25, 0.3) is 17.7 Å². The van der Waals surface area contributed by atoms with Crippen molar-refractivity contribution in [1.82, 2.24) is 16.0 Å². The highest BCUT2D eigenvalue weighted by Gasteiger charge is 2.23. The molecule has 0 fully saturated rings. The molecule has 186 valence electrons. The Morgan fingerprint density at radius 1 is 1.03 bits per heavy atom. The summed E-state index contributed by atoms with van der Waals surface area (Å²) < 4.78 is 0. The number of rotatable bonds is 9. The topological polar surface area (TPSA) is 137 Å². The number of anilines is 1. The minimum Gasteiger partial charge on any atom is -0.480 e. The van der Waals surface area contributed by atoms with Crippen molar-refractivity contribution >= 4 is 52.3 Å². The summed E-state index contributed by atoms with van der Waals surface area (Å²) >= 11 is 7.47. The fourth-order valence-electron chi connectivity index (χ4n) is 3.83.